The Morgan fingerprint density at radius 1 is 1.55 bits per heavy atom. The summed E-state index contributed by atoms with van der Waals surface area (Å²) < 4.78 is 0. The Labute approximate surface area is 66.7 Å². The molecule has 0 aromatic carbocycles. The number of nitrogens with one attached hydrogen (secondary N) is 1. The van der Waals surface area contributed by atoms with Gasteiger partial charge < -0.3 is 16.0 Å². The topological polar surface area (TPSA) is 58.4 Å². The van der Waals surface area contributed by atoms with E-state index >= 15 is 0 Å². The number of carbonyl (C=O) groups excluding carboxylic acids is 1. The van der Waals surface area contributed by atoms with Crippen molar-refractivity contribution in [3.05, 3.63) is 0 Å². The van der Waals surface area contributed by atoms with Gasteiger partial charge in [0.2, 0.25) is 0 Å². The molecule has 1 saturated heterocycles. The molecular formula is C7H15N3O. The number of primary amides is 1. The summed E-state index contributed by atoms with van der Waals surface area (Å²) in [5.41, 5.74) is 4.99. The normalized spacial score (nSPS) is 21.5. The van der Waals surface area contributed by atoms with E-state index in [0.717, 1.165) is 25.9 Å². The van der Waals surface area contributed by atoms with Crippen LogP contribution in [0.5, 0.6) is 0 Å². The molecule has 4 heteroatoms. The van der Waals surface area contributed by atoms with Crippen LogP contribution in [-0.2, 0) is 0 Å². The van der Waals surface area contributed by atoms with E-state index in [4.69, 9.17) is 5.73 Å². The minimum absolute atomic E-state index is 0.295. The molecule has 11 heavy (non-hydrogen) atoms. The van der Waals surface area contributed by atoms with Crippen molar-refractivity contribution < 1.29 is 4.79 Å². The summed E-state index contributed by atoms with van der Waals surface area (Å²) in [5, 5.41) is 2.71. The van der Waals surface area contributed by atoms with Crippen LogP contribution in [0.1, 0.15) is 12.8 Å². The van der Waals surface area contributed by atoms with Crippen molar-refractivity contribution >= 4 is 6.03 Å². The van der Waals surface area contributed by atoms with Crippen molar-refractivity contribution in [3.8, 4) is 0 Å². The summed E-state index contributed by atoms with van der Waals surface area (Å²) in [6, 6.07) is -0.108. The lowest BCUT2D eigenvalue weighted by Gasteiger charge is -2.28. The first kappa shape index (κ1) is 8.33. The molecule has 0 spiro atoms. The lowest BCUT2D eigenvalue weighted by Crippen LogP contribution is -2.45. The number of urea groups is 1. The fourth-order valence-electron chi connectivity index (χ4n) is 1.35. The smallest absolute Gasteiger partial charge is 0.312 e. The third-order valence-electron chi connectivity index (χ3n) is 2.06. The molecule has 1 heterocycles. The fourth-order valence-corrected chi connectivity index (χ4v) is 1.35. The van der Waals surface area contributed by atoms with Crippen LogP contribution in [0, 0.1) is 0 Å². The molecule has 64 valence electrons. The predicted octanol–water partition coefficient (Wildman–Crippen LogP) is -0.251. The van der Waals surface area contributed by atoms with Crippen molar-refractivity contribution in [2.75, 3.05) is 20.1 Å². The van der Waals surface area contributed by atoms with Gasteiger partial charge in [0.1, 0.15) is 0 Å². The van der Waals surface area contributed by atoms with E-state index in [-0.39, 0.29) is 0 Å². The fraction of sp³-hybridized carbons (Fsp3) is 0.857. The molecule has 0 radical (unpaired) electrons. The van der Waals surface area contributed by atoms with E-state index in [9.17, 15) is 4.79 Å². The highest BCUT2D eigenvalue weighted by atomic mass is 16.2. The van der Waals surface area contributed by atoms with Crippen LogP contribution >= 0.6 is 0 Å². The van der Waals surface area contributed by atoms with Crippen LogP contribution < -0.4 is 11.1 Å². The Bertz CT molecular complexity index is 141. The molecule has 0 bridgehead atoms. The third kappa shape index (κ3) is 2.76. The van der Waals surface area contributed by atoms with E-state index in [2.05, 4.69) is 17.3 Å². The zero-order valence-corrected chi connectivity index (χ0v) is 6.84. The van der Waals surface area contributed by atoms with Crippen LogP contribution in [0.2, 0.25) is 0 Å². The van der Waals surface area contributed by atoms with E-state index in [0.29, 0.717) is 6.04 Å². The molecule has 0 unspecified atom stereocenters. The highest BCUT2D eigenvalue weighted by Crippen LogP contribution is 2.07. The number of nitrogens with zero attached hydrogens (tertiary/aromatic N) is 1. The second-order valence-electron chi connectivity index (χ2n) is 3.09. The minimum Gasteiger partial charge on any atom is -0.352 e. The average Bonchev–Trinajstić information content (AvgIpc) is 1.93. The maximum absolute atomic E-state index is 10.4. The number of likely N-dealkylation sites (tertiary alicyclic amines) is 1. The molecule has 1 rings (SSSR count). The Balaban J connectivity index is 2.22. The maximum atomic E-state index is 10.4. The molecule has 0 aromatic rings. The first-order valence-electron chi connectivity index (χ1n) is 3.93. The molecule has 1 aliphatic rings. The molecule has 1 fully saturated rings. The third-order valence-corrected chi connectivity index (χ3v) is 2.06. The van der Waals surface area contributed by atoms with E-state index in [1.165, 1.54) is 0 Å². The minimum atomic E-state index is -0.403. The quantitative estimate of drug-likeness (QED) is 0.551. The SMILES string of the molecule is CN1CCC(NC(N)=O)CC1. The van der Waals surface area contributed by atoms with Crippen LogP contribution in [0.25, 0.3) is 0 Å². The monoisotopic (exact) mass is 157 g/mol. The highest BCUT2D eigenvalue weighted by molar-refractivity contribution is 5.71. The zero-order valence-electron chi connectivity index (χ0n) is 6.84. The van der Waals surface area contributed by atoms with Crippen molar-refractivity contribution in [2.45, 2.75) is 18.9 Å². The molecule has 0 atom stereocenters. The average molecular weight is 157 g/mol. The van der Waals surface area contributed by atoms with Gasteiger partial charge in [-0.25, -0.2) is 4.79 Å². The Morgan fingerprint density at radius 3 is 2.55 bits per heavy atom. The molecule has 0 aromatic heterocycles. The van der Waals surface area contributed by atoms with Gasteiger partial charge in [-0.05, 0) is 33.0 Å². The largest absolute Gasteiger partial charge is 0.352 e. The second kappa shape index (κ2) is 3.57. The van der Waals surface area contributed by atoms with Gasteiger partial charge in [0, 0.05) is 6.04 Å². The van der Waals surface area contributed by atoms with Crippen LogP contribution in [0.4, 0.5) is 4.79 Å². The van der Waals surface area contributed by atoms with Crippen LogP contribution in [0.3, 0.4) is 0 Å². The molecule has 1 aliphatic heterocycles. The van der Waals surface area contributed by atoms with Crippen molar-refractivity contribution in [1.29, 1.82) is 0 Å². The molecule has 0 aliphatic carbocycles. The first-order chi connectivity index (χ1) is 5.18. The highest BCUT2D eigenvalue weighted by Gasteiger charge is 2.16. The van der Waals surface area contributed by atoms with Gasteiger partial charge in [-0.1, -0.05) is 0 Å². The van der Waals surface area contributed by atoms with Crippen molar-refractivity contribution in [1.82, 2.24) is 10.2 Å². The van der Waals surface area contributed by atoms with Gasteiger partial charge >= 0.3 is 6.03 Å². The van der Waals surface area contributed by atoms with Gasteiger partial charge in [-0.3, -0.25) is 0 Å². The number of rotatable bonds is 1. The standard InChI is InChI=1S/C7H15N3O/c1-10-4-2-6(3-5-10)9-7(8)11/h6H,2-5H2,1H3,(H3,8,9,11). The van der Waals surface area contributed by atoms with E-state index < -0.39 is 6.03 Å². The summed E-state index contributed by atoms with van der Waals surface area (Å²) in [7, 11) is 2.08. The van der Waals surface area contributed by atoms with Crippen LogP contribution in [-0.4, -0.2) is 37.1 Å². The summed E-state index contributed by atoms with van der Waals surface area (Å²) in [5.74, 6) is 0. The summed E-state index contributed by atoms with van der Waals surface area (Å²) >= 11 is 0. The van der Waals surface area contributed by atoms with E-state index in [1.54, 1.807) is 0 Å². The summed E-state index contributed by atoms with van der Waals surface area (Å²) in [6.45, 7) is 2.09. The lowest BCUT2D eigenvalue weighted by atomic mass is 10.1. The van der Waals surface area contributed by atoms with Gasteiger partial charge in [-0.15, -0.1) is 0 Å². The van der Waals surface area contributed by atoms with Gasteiger partial charge in [0.25, 0.3) is 0 Å². The number of amides is 2. The number of hydrogen-bond acceptors (Lipinski definition) is 2. The number of carbonyl (C=O) groups is 1. The number of nitrogens with two attached hydrogens (primary N) is 1. The Morgan fingerprint density at radius 2 is 2.09 bits per heavy atom. The molecule has 3 N–H and O–H groups in total. The van der Waals surface area contributed by atoms with Gasteiger partial charge in [0.15, 0.2) is 0 Å². The zero-order chi connectivity index (χ0) is 8.27. The molecule has 0 saturated carbocycles. The van der Waals surface area contributed by atoms with Gasteiger partial charge in [-0.2, -0.15) is 0 Å². The van der Waals surface area contributed by atoms with Gasteiger partial charge in [0.05, 0.1) is 0 Å². The Hall–Kier alpha value is -0.770. The Kier molecular flexibility index (Phi) is 2.70. The molecular weight excluding hydrogens is 142 g/mol. The summed E-state index contributed by atoms with van der Waals surface area (Å²) in [6.07, 6.45) is 2.03. The molecule has 2 amide bonds. The number of piperidine rings is 1. The first-order valence-corrected chi connectivity index (χ1v) is 3.93. The number of hydrogen-bond donors (Lipinski definition) is 2. The van der Waals surface area contributed by atoms with Crippen LogP contribution in [0.15, 0.2) is 0 Å². The summed E-state index contributed by atoms with van der Waals surface area (Å²) in [4.78, 5) is 12.7. The second-order valence-corrected chi connectivity index (χ2v) is 3.09. The van der Waals surface area contributed by atoms with Crippen molar-refractivity contribution in [2.24, 2.45) is 5.73 Å². The molecule has 4 nitrogen and oxygen atoms in total. The van der Waals surface area contributed by atoms with Crippen molar-refractivity contribution in [3.63, 3.8) is 0 Å². The lowest BCUT2D eigenvalue weighted by molar-refractivity contribution is 0.219. The predicted molar refractivity (Wildman–Crippen MR) is 43.2 cm³/mol. The maximum Gasteiger partial charge on any atom is 0.312 e. The van der Waals surface area contributed by atoms with E-state index in [1.807, 2.05) is 0 Å².